The van der Waals surface area contributed by atoms with E-state index in [9.17, 15) is 14.4 Å². The van der Waals surface area contributed by atoms with Crippen LogP contribution in [0.15, 0.2) is 118 Å². The molecule has 2 heterocycles. The lowest BCUT2D eigenvalue weighted by Gasteiger charge is -2.13. The summed E-state index contributed by atoms with van der Waals surface area (Å²) < 4.78 is 10.6. The van der Waals surface area contributed by atoms with Gasteiger partial charge < -0.3 is 25.1 Å². The number of methoxy groups -OCH3 is 1. The van der Waals surface area contributed by atoms with Gasteiger partial charge in [-0.3, -0.25) is 14.4 Å². The van der Waals surface area contributed by atoms with E-state index in [-0.39, 0.29) is 11.6 Å². The molecule has 0 fully saturated rings. The number of anilines is 2. The lowest BCUT2D eigenvalue weighted by atomic mass is 10.2. The maximum atomic E-state index is 13.3. The fourth-order valence-electron chi connectivity index (χ4n) is 4.01. The molecular weight excluding hydrogens is 597 g/mol. The number of rotatable bonds is 11. The lowest BCUT2D eigenvalue weighted by Crippen LogP contribution is -2.30. The maximum absolute atomic E-state index is 13.3. The van der Waals surface area contributed by atoms with Crippen molar-refractivity contribution in [3.8, 4) is 17.0 Å². The zero-order valence-corrected chi connectivity index (χ0v) is 25.4. The SMILES string of the molecule is COc1cccc(-c2csc(NC(=O)C(C)Sc3cccc(NC(=O)/C(=C/c4ccco4)NC(=O)c4ccccc4)c3)n2)c1. The molecule has 0 radical (unpaired) electrons. The first-order valence-electron chi connectivity index (χ1n) is 13.5. The number of furan rings is 1. The second kappa shape index (κ2) is 14.4. The summed E-state index contributed by atoms with van der Waals surface area (Å²) >= 11 is 2.68. The fraction of sp³-hybridized carbons (Fsp3) is 0.0909. The van der Waals surface area contributed by atoms with E-state index in [0.29, 0.717) is 22.1 Å². The number of hydrogen-bond acceptors (Lipinski definition) is 8. The van der Waals surface area contributed by atoms with Crippen molar-refractivity contribution >= 4 is 57.7 Å². The summed E-state index contributed by atoms with van der Waals surface area (Å²) in [5.74, 6) is -0.0363. The highest BCUT2D eigenvalue weighted by Crippen LogP contribution is 2.30. The third-order valence-corrected chi connectivity index (χ3v) is 8.08. The minimum absolute atomic E-state index is 0.0105. The van der Waals surface area contributed by atoms with Gasteiger partial charge >= 0.3 is 0 Å². The second-order valence-electron chi connectivity index (χ2n) is 9.39. The number of nitrogens with one attached hydrogen (secondary N) is 3. The number of amides is 3. The van der Waals surface area contributed by atoms with E-state index in [4.69, 9.17) is 9.15 Å². The molecule has 0 spiro atoms. The quantitative estimate of drug-likeness (QED) is 0.107. The molecule has 3 N–H and O–H groups in total. The number of thioether (sulfide) groups is 1. The van der Waals surface area contributed by atoms with Gasteiger partial charge in [0.15, 0.2) is 5.13 Å². The Labute approximate surface area is 262 Å². The Morgan fingerprint density at radius 3 is 2.55 bits per heavy atom. The average molecular weight is 625 g/mol. The van der Waals surface area contributed by atoms with Crippen LogP contribution in [-0.4, -0.2) is 35.1 Å². The zero-order chi connectivity index (χ0) is 30.9. The van der Waals surface area contributed by atoms with Crippen molar-refractivity contribution < 1.29 is 23.5 Å². The molecule has 0 saturated carbocycles. The molecule has 5 rings (SSSR count). The average Bonchev–Trinajstić information content (AvgIpc) is 3.74. The number of ether oxygens (including phenoxy) is 1. The largest absolute Gasteiger partial charge is 0.497 e. The van der Waals surface area contributed by atoms with Gasteiger partial charge in [0.2, 0.25) is 5.91 Å². The Balaban J connectivity index is 1.22. The predicted octanol–water partition coefficient (Wildman–Crippen LogP) is 6.94. The fourth-order valence-corrected chi connectivity index (χ4v) is 5.66. The summed E-state index contributed by atoms with van der Waals surface area (Å²) in [5, 5.41) is 10.3. The summed E-state index contributed by atoms with van der Waals surface area (Å²) in [6.45, 7) is 1.80. The van der Waals surface area contributed by atoms with Gasteiger partial charge in [-0.1, -0.05) is 36.4 Å². The Morgan fingerprint density at radius 2 is 1.77 bits per heavy atom. The van der Waals surface area contributed by atoms with Crippen LogP contribution < -0.4 is 20.7 Å². The van der Waals surface area contributed by atoms with Gasteiger partial charge in [-0.2, -0.15) is 0 Å². The summed E-state index contributed by atoms with van der Waals surface area (Å²) in [4.78, 5) is 44.4. The third-order valence-electron chi connectivity index (χ3n) is 6.23. The first kappa shape index (κ1) is 30.3. The van der Waals surface area contributed by atoms with Crippen LogP contribution in [0.4, 0.5) is 10.8 Å². The highest BCUT2D eigenvalue weighted by molar-refractivity contribution is 8.00. The number of carbonyl (C=O) groups is 3. The molecule has 1 atom stereocenters. The number of benzene rings is 3. The highest BCUT2D eigenvalue weighted by atomic mass is 32.2. The molecule has 5 aromatic rings. The van der Waals surface area contributed by atoms with E-state index in [0.717, 1.165) is 21.9 Å². The van der Waals surface area contributed by atoms with Crippen molar-refractivity contribution in [2.24, 2.45) is 0 Å². The van der Waals surface area contributed by atoms with Crippen LogP contribution in [0.2, 0.25) is 0 Å². The van der Waals surface area contributed by atoms with Crippen LogP contribution in [0.3, 0.4) is 0 Å². The van der Waals surface area contributed by atoms with Gasteiger partial charge in [0.1, 0.15) is 17.2 Å². The van der Waals surface area contributed by atoms with Gasteiger partial charge in [-0.25, -0.2) is 4.98 Å². The number of aromatic nitrogens is 1. The number of carbonyl (C=O) groups excluding carboxylic acids is 3. The molecule has 222 valence electrons. The molecule has 3 aromatic carbocycles. The van der Waals surface area contributed by atoms with E-state index in [1.165, 1.54) is 35.4 Å². The van der Waals surface area contributed by atoms with Crippen LogP contribution in [0.1, 0.15) is 23.0 Å². The van der Waals surface area contributed by atoms with Gasteiger partial charge in [-0.05, 0) is 61.5 Å². The van der Waals surface area contributed by atoms with E-state index in [1.54, 1.807) is 74.7 Å². The van der Waals surface area contributed by atoms with Crippen molar-refractivity contribution in [1.82, 2.24) is 10.3 Å². The van der Waals surface area contributed by atoms with Crippen LogP contribution >= 0.6 is 23.1 Å². The number of thiazole rings is 1. The molecule has 44 heavy (non-hydrogen) atoms. The molecule has 3 amide bonds. The molecular formula is C33H28N4O5S2. The van der Waals surface area contributed by atoms with Crippen LogP contribution in [0.5, 0.6) is 5.75 Å². The molecule has 9 nitrogen and oxygen atoms in total. The maximum Gasteiger partial charge on any atom is 0.272 e. The normalized spacial score (nSPS) is 11.8. The Bertz CT molecular complexity index is 1780. The van der Waals surface area contributed by atoms with E-state index in [2.05, 4.69) is 20.9 Å². The minimum atomic E-state index is -0.533. The molecule has 0 bridgehead atoms. The molecule has 11 heteroatoms. The summed E-state index contributed by atoms with van der Waals surface area (Å²) in [6.07, 6.45) is 2.94. The van der Waals surface area contributed by atoms with Gasteiger partial charge in [0.05, 0.1) is 24.3 Å². The smallest absolute Gasteiger partial charge is 0.272 e. The first-order valence-corrected chi connectivity index (χ1v) is 15.2. The highest BCUT2D eigenvalue weighted by Gasteiger charge is 2.19. The molecule has 0 aliphatic rings. The van der Waals surface area contributed by atoms with Crippen LogP contribution in [-0.2, 0) is 9.59 Å². The van der Waals surface area contributed by atoms with Crippen molar-refractivity contribution in [2.75, 3.05) is 17.7 Å². The van der Waals surface area contributed by atoms with Gasteiger partial charge in [-0.15, -0.1) is 23.1 Å². The lowest BCUT2D eigenvalue weighted by molar-refractivity contribution is -0.115. The topological polar surface area (TPSA) is 123 Å². The monoisotopic (exact) mass is 624 g/mol. The van der Waals surface area contributed by atoms with Gasteiger partial charge in [0, 0.05) is 33.2 Å². The van der Waals surface area contributed by atoms with Crippen molar-refractivity contribution in [3.63, 3.8) is 0 Å². The van der Waals surface area contributed by atoms with Crippen LogP contribution in [0.25, 0.3) is 17.3 Å². The molecule has 0 saturated heterocycles. The van der Waals surface area contributed by atoms with Gasteiger partial charge in [0.25, 0.3) is 11.8 Å². The van der Waals surface area contributed by atoms with Crippen molar-refractivity contribution in [3.05, 3.63) is 120 Å². The number of hydrogen-bond donors (Lipinski definition) is 3. The zero-order valence-electron chi connectivity index (χ0n) is 23.8. The Morgan fingerprint density at radius 1 is 0.955 bits per heavy atom. The van der Waals surface area contributed by atoms with Crippen molar-refractivity contribution in [2.45, 2.75) is 17.1 Å². The summed E-state index contributed by atoms with van der Waals surface area (Å²) in [7, 11) is 1.61. The molecule has 1 unspecified atom stereocenters. The van der Waals surface area contributed by atoms with E-state index in [1.807, 2.05) is 35.7 Å². The Hall–Kier alpha value is -5.13. The standard InChI is InChI=1S/C33H28N4O5S2/c1-21(30(38)37-33-36-29(20-43-33)23-11-6-13-25(17-23)41-2)44-27-15-7-12-24(18-27)34-32(40)28(19-26-14-8-16-42-26)35-31(39)22-9-4-3-5-10-22/h3-21H,1-2H3,(H,34,40)(H,35,39)(H,36,37,38)/b28-19-. The minimum Gasteiger partial charge on any atom is -0.497 e. The summed E-state index contributed by atoms with van der Waals surface area (Å²) in [6, 6.07) is 26.7. The third kappa shape index (κ3) is 8.03. The van der Waals surface area contributed by atoms with E-state index >= 15 is 0 Å². The number of nitrogens with zero attached hydrogens (tertiary/aromatic N) is 1. The summed E-state index contributed by atoms with van der Waals surface area (Å²) in [5.41, 5.74) is 2.55. The molecule has 0 aliphatic carbocycles. The molecule has 2 aromatic heterocycles. The molecule has 0 aliphatic heterocycles. The van der Waals surface area contributed by atoms with Crippen molar-refractivity contribution in [1.29, 1.82) is 0 Å². The van der Waals surface area contributed by atoms with Crippen LogP contribution in [0, 0.1) is 0 Å². The second-order valence-corrected chi connectivity index (χ2v) is 11.7. The predicted molar refractivity (Wildman–Crippen MR) is 174 cm³/mol. The first-order chi connectivity index (χ1) is 21.4. The van der Waals surface area contributed by atoms with E-state index < -0.39 is 17.1 Å². The Kier molecular flexibility index (Phi) is 9.90.